The number of hydrogen-bond acceptors (Lipinski definition) is 3. The maximum absolute atomic E-state index is 10.6. The van der Waals surface area contributed by atoms with E-state index < -0.39 is 0 Å². The first kappa shape index (κ1) is 10.9. The van der Waals surface area contributed by atoms with Crippen LogP contribution in [-0.4, -0.2) is 36.7 Å². The number of amides is 1. The van der Waals surface area contributed by atoms with Gasteiger partial charge in [-0.2, -0.15) is 11.8 Å². The van der Waals surface area contributed by atoms with Crippen molar-refractivity contribution in [2.24, 2.45) is 0 Å². The first-order valence-corrected chi connectivity index (χ1v) is 5.77. The minimum absolute atomic E-state index is 0.0626. The summed E-state index contributed by atoms with van der Waals surface area (Å²) in [6, 6.07) is 0. The molecule has 1 aliphatic rings. The van der Waals surface area contributed by atoms with Crippen LogP contribution in [0.4, 0.5) is 0 Å². The summed E-state index contributed by atoms with van der Waals surface area (Å²) in [6.07, 6.45) is 2.31. The normalized spacial score (nSPS) is 18.5. The first-order chi connectivity index (χ1) is 6.29. The molecule has 76 valence electrons. The molecular weight excluding hydrogens is 186 g/mol. The molecule has 0 saturated carbocycles. The van der Waals surface area contributed by atoms with Gasteiger partial charge in [-0.25, -0.2) is 0 Å². The molecule has 0 aromatic rings. The molecule has 1 rings (SSSR count). The average Bonchev–Trinajstić information content (AvgIpc) is 2.14. The Balaban J connectivity index is 1.95. The second-order valence-electron chi connectivity index (χ2n) is 3.17. The smallest absolute Gasteiger partial charge is 0.216 e. The van der Waals surface area contributed by atoms with E-state index in [0.717, 1.165) is 43.6 Å². The molecule has 13 heavy (non-hydrogen) atoms. The standard InChI is InChI=1S/C9H17NO2S/c1-8(11)10-4-7-13-9-2-5-12-6-3-9/h9H,2-7H2,1H3,(H,10,11). The first-order valence-electron chi connectivity index (χ1n) is 4.73. The van der Waals surface area contributed by atoms with E-state index in [1.165, 1.54) is 0 Å². The van der Waals surface area contributed by atoms with Crippen LogP contribution in [0.5, 0.6) is 0 Å². The maximum atomic E-state index is 10.6. The zero-order chi connectivity index (χ0) is 9.52. The number of nitrogens with one attached hydrogen (secondary N) is 1. The van der Waals surface area contributed by atoms with E-state index in [0.29, 0.717) is 0 Å². The second kappa shape index (κ2) is 6.27. The largest absolute Gasteiger partial charge is 0.381 e. The Morgan fingerprint density at radius 2 is 2.23 bits per heavy atom. The second-order valence-corrected chi connectivity index (χ2v) is 4.57. The molecule has 0 aliphatic carbocycles. The molecule has 0 bridgehead atoms. The van der Waals surface area contributed by atoms with Gasteiger partial charge in [0.2, 0.25) is 5.91 Å². The van der Waals surface area contributed by atoms with Gasteiger partial charge < -0.3 is 10.1 Å². The molecule has 0 spiro atoms. The maximum Gasteiger partial charge on any atom is 0.216 e. The SMILES string of the molecule is CC(=O)NCCSC1CCOCC1. The van der Waals surface area contributed by atoms with Crippen molar-refractivity contribution < 1.29 is 9.53 Å². The fraction of sp³-hybridized carbons (Fsp3) is 0.889. The van der Waals surface area contributed by atoms with Crippen LogP contribution in [0.25, 0.3) is 0 Å². The molecule has 1 aliphatic heterocycles. The van der Waals surface area contributed by atoms with Crippen LogP contribution in [0.15, 0.2) is 0 Å². The number of rotatable bonds is 4. The van der Waals surface area contributed by atoms with E-state index in [1.54, 1.807) is 6.92 Å². The fourth-order valence-electron chi connectivity index (χ4n) is 1.30. The summed E-state index contributed by atoms with van der Waals surface area (Å²) in [5.74, 6) is 1.08. The monoisotopic (exact) mass is 203 g/mol. The van der Waals surface area contributed by atoms with Crippen molar-refractivity contribution in [1.82, 2.24) is 5.32 Å². The summed E-state index contributed by atoms with van der Waals surface area (Å²) in [5.41, 5.74) is 0. The molecule has 1 heterocycles. The van der Waals surface area contributed by atoms with Crippen LogP contribution in [0.2, 0.25) is 0 Å². The van der Waals surface area contributed by atoms with E-state index in [-0.39, 0.29) is 5.91 Å². The highest BCUT2D eigenvalue weighted by atomic mass is 32.2. The molecule has 0 aromatic carbocycles. The van der Waals surface area contributed by atoms with E-state index in [9.17, 15) is 4.79 Å². The number of thioether (sulfide) groups is 1. The summed E-state index contributed by atoms with van der Waals surface area (Å²) < 4.78 is 5.26. The lowest BCUT2D eigenvalue weighted by atomic mass is 10.2. The van der Waals surface area contributed by atoms with Gasteiger partial charge in [0.25, 0.3) is 0 Å². The van der Waals surface area contributed by atoms with Crippen molar-refractivity contribution in [2.45, 2.75) is 25.0 Å². The Kier molecular flexibility index (Phi) is 5.23. The van der Waals surface area contributed by atoms with Crippen molar-refractivity contribution in [1.29, 1.82) is 0 Å². The lowest BCUT2D eigenvalue weighted by Gasteiger charge is -2.21. The molecule has 1 saturated heterocycles. The van der Waals surface area contributed by atoms with Gasteiger partial charge in [-0.15, -0.1) is 0 Å². The molecule has 4 heteroatoms. The van der Waals surface area contributed by atoms with Crippen molar-refractivity contribution in [3.05, 3.63) is 0 Å². The number of carbonyl (C=O) groups is 1. The third-order valence-corrected chi connectivity index (χ3v) is 3.38. The highest BCUT2D eigenvalue weighted by molar-refractivity contribution is 7.99. The average molecular weight is 203 g/mol. The molecule has 3 nitrogen and oxygen atoms in total. The van der Waals surface area contributed by atoms with Gasteiger partial charge in [0, 0.05) is 37.7 Å². The lowest BCUT2D eigenvalue weighted by molar-refractivity contribution is -0.118. The Labute approximate surface area is 83.6 Å². The highest BCUT2D eigenvalue weighted by Crippen LogP contribution is 2.21. The van der Waals surface area contributed by atoms with Gasteiger partial charge in [0.1, 0.15) is 0 Å². The predicted molar refractivity (Wildman–Crippen MR) is 55.0 cm³/mol. The van der Waals surface area contributed by atoms with Crippen LogP contribution in [0.3, 0.4) is 0 Å². The van der Waals surface area contributed by atoms with Gasteiger partial charge in [0.05, 0.1) is 0 Å². The summed E-state index contributed by atoms with van der Waals surface area (Å²) in [4.78, 5) is 10.6. The van der Waals surface area contributed by atoms with Gasteiger partial charge in [-0.3, -0.25) is 4.79 Å². The van der Waals surface area contributed by atoms with E-state index in [2.05, 4.69) is 5.32 Å². The van der Waals surface area contributed by atoms with E-state index in [4.69, 9.17) is 4.74 Å². The molecule has 1 fully saturated rings. The van der Waals surface area contributed by atoms with Crippen molar-refractivity contribution >= 4 is 17.7 Å². The van der Waals surface area contributed by atoms with Crippen molar-refractivity contribution in [3.8, 4) is 0 Å². The zero-order valence-corrected chi connectivity index (χ0v) is 8.86. The lowest BCUT2D eigenvalue weighted by Crippen LogP contribution is -2.24. The molecular formula is C9H17NO2S. The van der Waals surface area contributed by atoms with Gasteiger partial charge in [0.15, 0.2) is 0 Å². The fourth-order valence-corrected chi connectivity index (χ4v) is 2.37. The molecule has 1 amide bonds. The molecule has 0 atom stereocenters. The number of carbonyl (C=O) groups excluding carboxylic acids is 1. The topological polar surface area (TPSA) is 38.3 Å². The summed E-state index contributed by atoms with van der Waals surface area (Å²) in [5, 5.41) is 3.53. The minimum atomic E-state index is 0.0626. The third kappa shape index (κ3) is 5.16. The molecule has 0 radical (unpaired) electrons. The molecule has 0 unspecified atom stereocenters. The van der Waals surface area contributed by atoms with Crippen LogP contribution < -0.4 is 5.32 Å². The quantitative estimate of drug-likeness (QED) is 0.694. The van der Waals surface area contributed by atoms with Crippen LogP contribution in [0, 0.1) is 0 Å². The highest BCUT2D eigenvalue weighted by Gasteiger charge is 2.13. The summed E-state index contributed by atoms with van der Waals surface area (Å²) in [7, 11) is 0. The van der Waals surface area contributed by atoms with Crippen molar-refractivity contribution in [2.75, 3.05) is 25.5 Å². The van der Waals surface area contributed by atoms with Crippen LogP contribution >= 0.6 is 11.8 Å². The number of ether oxygens (including phenoxy) is 1. The van der Waals surface area contributed by atoms with Crippen LogP contribution in [0.1, 0.15) is 19.8 Å². The van der Waals surface area contributed by atoms with E-state index >= 15 is 0 Å². The predicted octanol–water partition coefficient (Wildman–Crippen LogP) is 1.03. The zero-order valence-electron chi connectivity index (χ0n) is 8.04. The third-order valence-electron chi connectivity index (χ3n) is 2.00. The minimum Gasteiger partial charge on any atom is -0.381 e. The number of hydrogen-bond donors (Lipinski definition) is 1. The Morgan fingerprint density at radius 1 is 1.54 bits per heavy atom. The van der Waals surface area contributed by atoms with Crippen molar-refractivity contribution in [3.63, 3.8) is 0 Å². The van der Waals surface area contributed by atoms with Gasteiger partial charge in [-0.05, 0) is 12.8 Å². The summed E-state index contributed by atoms with van der Waals surface area (Å²) >= 11 is 1.94. The van der Waals surface area contributed by atoms with Gasteiger partial charge >= 0.3 is 0 Å². The Morgan fingerprint density at radius 3 is 2.85 bits per heavy atom. The van der Waals surface area contributed by atoms with Crippen LogP contribution in [-0.2, 0) is 9.53 Å². The molecule has 1 N–H and O–H groups in total. The summed E-state index contributed by atoms with van der Waals surface area (Å²) in [6.45, 7) is 4.14. The Bertz CT molecular complexity index is 158. The Hall–Kier alpha value is -0.220. The van der Waals surface area contributed by atoms with Gasteiger partial charge in [-0.1, -0.05) is 0 Å². The molecule has 0 aromatic heterocycles. The van der Waals surface area contributed by atoms with E-state index in [1.807, 2.05) is 11.8 Å².